The summed E-state index contributed by atoms with van der Waals surface area (Å²) in [5.41, 5.74) is 1.11. The minimum Gasteiger partial charge on any atom is -0.449 e. The molecule has 0 unspecified atom stereocenters. The third kappa shape index (κ3) is 6.42. The van der Waals surface area contributed by atoms with Crippen LogP contribution in [0.15, 0.2) is 46.3 Å². The van der Waals surface area contributed by atoms with Crippen molar-refractivity contribution in [1.29, 1.82) is 0 Å². The first-order chi connectivity index (χ1) is 14.0. The molecule has 0 saturated carbocycles. The number of aryl methyl sites for hydroxylation is 1. The van der Waals surface area contributed by atoms with Gasteiger partial charge in [-0.05, 0) is 35.6 Å². The highest BCUT2D eigenvalue weighted by Gasteiger charge is 2.12. The Balaban J connectivity index is 1.48. The molecular weight excluding hydrogens is 392 g/mol. The number of carbonyl (C=O) groups is 2. The fraction of sp³-hybridized carbons (Fsp3) is 0.300. The molecule has 0 fully saturated rings. The monoisotopic (exact) mass is 414 g/mol. The van der Waals surface area contributed by atoms with E-state index in [1.165, 1.54) is 11.3 Å². The van der Waals surface area contributed by atoms with Crippen molar-refractivity contribution in [2.75, 3.05) is 17.2 Å². The molecular formula is C20H22N4O4S. The highest BCUT2D eigenvalue weighted by atomic mass is 32.1. The Kier molecular flexibility index (Phi) is 6.96. The summed E-state index contributed by atoms with van der Waals surface area (Å²) in [4.78, 5) is 29.2. The number of thiophene rings is 1. The maximum atomic E-state index is 12.2. The van der Waals surface area contributed by atoms with E-state index in [0.717, 1.165) is 4.88 Å². The molecule has 152 valence electrons. The molecule has 0 radical (unpaired) electrons. The Morgan fingerprint density at radius 1 is 1.17 bits per heavy atom. The predicted molar refractivity (Wildman–Crippen MR) is 111 cm³/mol. The summed E-state index contributed by atoms with van der Waals surface area (Å²) >= 11 is 1.52. The number of hydrogen-bond donors (Lipinski definition) is 2. The van der Waals surface area contributed by atoms with Gasteiger partial charge in [0.15, 0.2) is 0 Å². The van der Waals surface area contributed by atoms with Crippen molar-refractivity contribution >= 4 is 34.7 Å². The summed E-state index contributed by atoms with van der Waals surface area (Å²) in [6, 6.07) is 10.7. The smallest absolute Gasteiger partial charge is 0.411 e. The van der Waals surface area contributed by atoms with Crippen molar-refractivity contribution in [3.8, 4) is 10.7 Å². The number of benzene rings is 1. The maximum Gasteiger partial charge on any atom is 0.411 e. The summed E-state index contributed by atoms with van der Waals surface area (Å²) in [7, 11) is 0. The van der Waals surface area contributed by atoms with E-state index >= 15 is 0 Å². The lowest BCUT2D eigenvalue weighted by molar-refractivity contribution is -0.116. The number of ether oxygens (including phenoxy) is 1. The lowest BCUT2D eigenvalue weighted by atomic mass is 10.2. The molecule has 0 atom stereocenters. The largest absolute Gasteiger partial charge is 0.449 e. The standard InChI is InChI=1S/C20H22N4O4S/c1-13(2)12-27-20(26)22-15-6-3-5-14(11-15)21-17(25)8-9-18-23-19(24-28-18)16-7-4-10-29-16/h3-7,10-11,13H,8-9,12H2,1-2H3,(H,21,25)(H,22,26). The lowest BCUT2D eigenvalue weighted by Gasteiger charge is -2.10. The highest BCUT2D eigenvalue weighted by Crippen LogP contribution is 2.21. The van der Waals surface area contributed by atoms with Crippen LogP contribution in [0.2, 0.25) is 0 Å². The van der Waals surface area contributed by atoms with Crippen LogP contribution in [0.25, 0.3) is 10.7 Å². The summed E-state index contributed by atoms with van der Waals surface area (Å²) in [5, 5.41) is 11.3. The fourth-order valence-electron chi connectivity index (χ4n) is 2.38. The molecule has 0 saturated heterocycles. The van der Waals surface area contributed by atoms with Crippen LogP contribution in [0.5, 0.6) is 0 Å². The Morgan fingerprint density at radius 3 is 2.69 bits per heavy atom. The van der Waals surface area contributed by atoms with Crippen LogP contribution in [0.4, 0.5) is 16.2 Å². The Morgan fingerprint density at radius 2 is 1.97 bits per heavy atom. The molecule has 0 bridgehead atoms. The van der Waals surface area contributed by atoms with Gasteiger partial charge in [0.25, 0.3) is 0 Å². The van der Waals surface area contributed by atoms with Crippen LogP contribution in [0, 0.1) is 5.92 Å². The van der Waals surface area contributed by atoms with Gasteiger partial charge in [0.05, 0.1) is 11.5 Å². The summed E-state index contributed by atoms with van der Waals surface area (Å²) in [6.07, 6.45) is 0.00391. The van der Waals surface area contributed by atoms with E-state index in [9.17, 15) is 9.59 Å². The van der Waals surface area contributed by atoms with E-state index in [2.05, 4.69) is 20.8 Å². The third-order valence-electron chi connectivity index (χ3n) is 3.72. The number of hydrogen-bond acceptors (Lipinski definition) is 7. The fourth-order valence-corrected chi connectivity index (χ4v) is 3.03. The number of aromatic nitrogens is 2. The molecule has 0 spiro atoms. The minimum atomic E-state index is -0.528. The van der Waals surface area contributed by atoms with Gasteiger partial charge in [-0.3, -0.25) is 10.1 Å². The van der Waals surface area contributed by atoms with Crippen molar-refractivity contribution in [3.05, 3.63) is 47.7 Å². The maximum absolute atomic E-state index is 12.2. The van der Waals surface area contributed by atoms with Crippen molar-refractivity contribution in [1.82, 2.24) is 10.1 Å². The molecule has 0 aliphatic carbocycles. The van der Waals surface area contributed by atoms with Crippen LogP contribution in [-0.4, -0.2) is 28.7 Å². The van der Waals surface area contributed by atoms with Crippen LogP contribution < -0.4 is 10.6 Å². The predicted octanol–water partition coefficient (Wildman–Crippen LogP) is 4.57. The van der Waals surface area contributed by atoms with Crippen LogP contribution in [0.1, 0.15) is 26.2 Å². The molecule has 2 aromatic heterocycles. The number of carbonyl (C=O) groups excluding carboxylic acids is 2. The first-order valence-corrected chi connectivity index (χ1v) is 10.1. The molecule has 8 nitrogen and oxygen atoms in total. The second kappa shape index (κ2) is 9.83. The zero-order valence-corrected chi connectivity index (χ0v) is 17.0. The summed E-state index contributed by atoms with van der Waals surface area (Å²) in [6.45, 7) is 4.26. The minimum absolute atomic E-state index is 0.194. The van der Waals surface area contributed by atoms with Crippen LogP contribution in [0.3, 0.4) is 0 Å². The first-order valence-electron chi connectivity index (χ1n) is 9.20. The van der Waals surface area contributed by atoms with Crippen molar-refractivity contribution in [3.63, 3.8) is 0 Å². The van der Waals surface area contributed by atoms with Gasteiger partial charge in [0.1, 0.15) is 0 Å². The topological polar surface area (TPSA) is 106 Å². The van der Waals surface area contributed by atoms with Gasteiger partial charge in [-0.25, -0.2) is 4.79 Å². The van der Waals surface area contributed by atoms with E-state index in [-0.39, 0.29) is 18.2 Å². The molecule has 2 N–H and O–H groups in total. The number of amides is 2. The van der Waals surface area contributed by atoms with Crippen molar-refractivity contribution in [2.45, 2.75) is 26.7 Å². The van der Waals surface area contributed by atoms with Gasteiger partial charge >= 0.3 is 6.09 Å². The molecule has 29 heavy (non-hydrogen) atoms. The first kappa shape index (κ1) is 20.5. The second-order valence-corrected chi connectivity index (χ2v) is 7.68. The zero-order chi connectivity index (χ0) is 20.6. The normalized spacial score (nSPS) is 10.7. The highest BCUT2D eigenvalue weighted by molar-refractivity contribution is 7.13. The quantitative estimate of drug-likeness (QED) is 0.559. The second-order valence-electron chi connectivity index (χ2n) is 6.74. The third-order valence-corrected chi connectivity index (χ3v) is 4.58. The SMILES string of the molecule is CC(C)COC(=O)Nc1cccc(NC(=O)CCc2nc(-c3cccs3)no2)c1. The van der Waals surface area contributed by atoms with Gasteiger partial charge in [-0.1, -0.05) is 31.1 Å². The van der Waals surface area contributed by atoms with E-state index in [1.807, 2.05) is 31.4 Å². The number of anilines is 2. The lowest BCUT2D eigenvalue weighted by Crippen LogP contribution is -2.17. The number of nitrogens with zero attached hydrogens (tertiary/aromatic N) is 2. The molecule has 1 aromatic carbocycles. The van der Waals surface area contributed by atoms with Gasteiger partial charge in [-0.2, -0.15) is 4.98 Å². The molecule has 9 heteroatoms. The molecule has 0 aliphatic rings. The number of nitrogens with one attached hydrogen (secondary N) is 2. The van der Waals surface area contributed by atoms with E-state index in [4.69, 9.17) is 9.26 Å². The Bertz CT molecular complexity index is 953. The van der Waals surface area contributed by atoms with Gasteiger partial charge in [0.2, 0.25) is 17.6 Å². The van der Waals surface area contributed by atoms with Crippen LogP contribution >= 0.6 is 11.3 Å². The summed E-state index contributed by atoms with van der Waals surface area (Å²) < 4.78 is 10.3. The molecule has 2 amide bonds. The zero-order valence-electron chi connectivity index (χ0n) is 16.2. The van der Waals surface area contributed by atoms with Crippen LogP contribution in [-0.2, 0) is 16.0 Å². The molecule has 2 heterocycles. The summed E-state index contributed by atoms with van der Waals surface area (Å²) in [5.74, 6) is 0.998. The Hall–Kier alpha value is -3.20. The number of rotatable bonds is 8. The van der Waals surface area contributed by atoms with E-state index < -0.39 is 6.09 Å². The van der Waals surface area contributed by atoms with Gasteiger partial charge < -0.3 is 14.6 Å². The molecule has 0 aliphatic heterocycles. The van der Waals surface area contributed by atoms with Gasteiger partial charge in [-0.15, -0.1) is 11.3 Å². The van der Waals surface area contributed by atoms with Gasteiger partial charge in [0, 0.05) is 24.2 Å². The molecule has 3 rings (SSSR count). The Labute approximate surface area is 172 Å². The van der Waals surface area contributed by atoms with E-state index in [0.29, 0.717) is 36.1 Å². The molecule has 3 aromatic rings. The van der Waals surface area contributed by atoms with Crippen molar-refractivity contribution in [2.24, 2.45) is 5.92 Å². The van der Waals surface area contributed by atoms with Crippen molar-refractivity contribution < 1.29 is 18.8 Å². The van der Waals surface area contributed by atoms with E-state index in [1.54, 1.807) is 24.3 Å². The average molecular weight is 414 g/mol. The average Bonchev–Trinajstić information content (AvgIpc) is 3.36.